The molecule has 1 fully saturated rings. The lowest BCUT2D eigenvalue weighted by Crippen LogP contribution is -3.07. The van der Waals surface area contributed by atoms with E-state index in [2.05, 4.69) is 42.5 Å². The quantitative estimate of drug-likeness (QED) is 0.436. The fourth-order valence-electron chi connectivity index (χ4n) is 3.47. The summed E-state index contributed by atoms with van der Waals surface area (Å²) in [5.41, 5.74) is 2.35. The van der Waals surface area contributed by atoms with Crippen molar-refractivity contribution in [1.82, 2.24) is 14.3 Å². The molecule has 1 unspecified atom stereocenters. The first-order chi connectivity index (χ1) is 14.2. The molecule has 29 heavy (non-hydrogen) atoms. The number of quaternary nitrogens is 1. The summed E-state index contributed by atoms with van der Waals surface area (Å²) in [7, 11) is 2.17. The number of hydrogen-bond acceptors (Lipinski definition) is 3. The zero-order valence-corrected chi connectivity index (χ0v) is 17.6. The monoisotopic (exact) mass is 407 g/mol. The molecule has 1 N–H and O–H groups in total. The van der Waals surface area contributed by atoms with Crippen molar-refractivity contribution < 1.29 is 9.64 Å². The fraction of sp³-hybridized carbons (Fsp3) is 0.304. The molecule has 0 saturated heterocycles. The average molecular weight is 408 g/mol. The van der Waals surface area contributed by atoms with Crippen LogP contribution in [0.5, 0.6) is 5.75 Å². The summed E-state index contributed by atoms with van der Waals surface area (Å²) in [6, 6.07) is 18.6. The third-order valence-electron chi connectivity index (χ3n) is 5.04. The van der Waals surface area contributed by atoms with E-state index in [1.165, 1.54) is 23.3 Å². The molecule has 4 rings (SSSR count). The Morgan fingerprint density at radius 1 is 1.17 bits per heavy atom. The molecule has 6 heteroatoms. The minimum atomic E-state index is 0.524. The van der Waals surface area contributed by atoms with Crippen molar-refractivity contribution in [2.75, 3.05) is 13.7 Å². The van der Waals surface area contributed by atoms with Crippen molar-refractivity contribution in [3.63, 3.8) is 0 Å². The van der Waals surface area contributed by atoms with E-state index in [9.17, 15) is 0 Å². The molecule has 5 nitrogen and oxygen atoms in total. The van der Waals surface area contributed by atoms with Crippen LogP contribution in [0.2, 0.25) is 0 Å². The number of para-hydroxylation sites is 1. The zero-order valence-electron chi connectivity index (χ0n) is 16.8. The number of nitrogens with zero attached hydrogens (tertiary/aromatic N) is 3. The third-order valence-corrected chi connectivity index (χ3v) is 5.43. The van der Waals surface area contributed by atoms with Gasteiger partial charge in [-0.15, -0.1) is 0 Å². The average Bonchev–Trinajstić information content (AvgIpc) is 3.53. The molecule has 3 aromatic rings. The second-order valence-corrected chi connectivity index (χ2v) is 7.99. The molecular weight excluding hydrogens is 380 g/mol. The summed E-state index contributed by atoms with van der Waals surface area (Å²) in [5, 5.41) is 4.90. The van der Waals surface area contributed by atoms with Crippen LogP contribution in [0, 0.1) is 4.77 Å². The molecule has 1 aliphatic carbocycles. The van der Waals surface area contributed by atoms with Gasteiger partial charge in [0.1, 0.15) is 24.7 Å². The Kier molecular flexibility index (Phi) is 5.92. The van der Waals surface area contributed by atoms with Crippen LogP contribution in [0.25, 0.3) is 5.69 Å². The Balaban J connectivity index is 1.49. The molecule has 1 aliphatic rings. The first-order valence-electron chi connectivity index (χ1n) is 10.0. The zero-order chi connectivity index (χ0) is 20.2. The van der Waals surface area contributed by atoms with E-state index in [0.717, 1.165) is 35.2 Å². The molecule has 0 aliphatic heterocycles. The SMILES string of the molecule is C=CCOc1ccc(C[NH+](C)Cn2nc(C3CC3)n(-c3ccccc3)c2=S)cc1. The van der Waals surface area contributed by atoms with Gasteiger partial charge < -0.3 is 9.64 Å². The van der Waals surface area contributed by atoms with Crippen LogP contribution in [-0.4, -0.2) is 28.0 Å². The highest BCUT2D eigenvalue weighted by Gasteiger charge is 2.31. The molecule has 1 saturated carbocycles. The third kappa shape index (κ3) is 4.66. The van der Waals surface area contributed by atoms with E-state index in [-0.39, 0.29) is 0 Å². The highest BCUT2D eigenvalue weighted by Crippen LogP contribution is 2.40. The van der Waals surface area contributed by atoms with Gasteiger partial charge in [-0.1, -0.05) is 30.9 Å². The van der Waals surface area contributed by atoms with Crippen molar-refractivity contribution in [2.24, 2.45) is 0 Å². The van der Waals surface area contributed by atoms with Gasteiger partial charge in [-0.3, -0.25) is 4.57 Å². The van der Waals surface area contributed by atoms with E-state index in [1.807, 2.05) is 35.0 Å². The molecule has 1 atom stereocenters. The lowest BCUT2D eigenvalue weighted by molar-refractivity contribution is -0.917. The first-order valence-corrected chi connectivity index (χ1v) is 10.5. The van der Waals surface area contributed by atoms with Crippen LogP contribution in [0.1, 0.15) is 30.1 Å². The van der Waals surface area contributed by atoms with Crippen molar-refractivity contribution in [3.05, 3.63) is 83.4 Å². The predicted molar refractivity (Wildman–Crippen MR) is 117 cm³/mol. The second-order valence-electron chi connectivity index (χ2n) is 7.62. The molecule has 0 bridgehead atoms. The van der Waals surface area contributed by atoms with Gasteiger partial charge in [0.25, 0.3) is 0 Å². The van der Waals surface area contributed by atoms with Gasteiger partial charge in [-0.25, -0.2) is 0 Å². The van der Waals surface area contributed by atoms with Crippen LogP contribution >= 0.6 is 12.2 Å². The molecule has 0 spiro atoms. The van der Waals surface area contributed by atoms with Crippen molar-refractivity contribution in [3.8, 4) is 11.4 Å². The van der Waals surface area contributed by atoms with Crippen LogP contribution in [0.15, 0.2) is 67.3 Å². The summed E-state index contributed by atoms with van der Waals surface area (Å²) in [5.74, 6) is 2.49. The Morgan fingerprint density at radius 3 is 2.55 bits per heavy atom. The van der Waals surface area contributed by atoms with Gasteiger partial charge in [0.05, 0.1) is 7.05 Å². The Hall–Kier alpha value is -2.70. The largest absolute Gasteiger partial charge is 0.490 e. The van der Waals surface area contributed by atoms with Gasteiger partial charge in [0, 0.05) is 17.2 Å². The topological polar surface area (TPSA) is 36.4 Å². The number of hydrogen-bond donors (Lipinski definition) is 1. The summed E-state index contributed by atoms with van der Waals surface area (Å²) >= 11 is 5.81. The Bertz CT molecular complexity index is 1020. The van der Waals surface area contributed by atoms with E-state index >= 15 is 0 Å². The Labute approximate surface area is 176 Å². The van der Waals surface area contributed by atoms with E-state index in [4.69, 9.17) is 22.1 Å². The maximum Gasteiger partial charge on any atom is 0.207 e. The van der Waals surface area contributed by atoms with Crippen molar-refractivity contribution >= 4 is 12.2 Å². The van der Waals surface area contributed by atoms with Gasteiger partial charge in [-0.05, 0) is 61.5 Å². The number of nitrogens with one attached hydrogen (secondary N) is 1. The normalized spacial score (nSPS) is 14.5. The molecule has 0 amide bonds. The summed E-state index contributed by atoms with van der Waals surface area (Å²) in [4.78, 5) is 1.32. The van der Waals surface area contributed by atoms with Gasteiger partial charge in [0.2, 0.25) is 4.77 Å². The number of rotatable bonds is 9. The smallest absolute Gasteiger partial charge is 0.207 e. The van der Waals surface area contributed by atoms with E-state index in [1.54, 1.807) is 6.08 Å². The number of ether oxygens (including phenoxy) is 1. The molecule has 150 valence electrons. The number of benzene rings is 2. The lowest BCUT2D eigenvalue weighted by Gasteiger charge is -2.14. The van der Waals surface area contributed by atoms with Gasteiger partial charge >= 0.3 is 0 Å². The van der Waals surface area contributed by atoms with Crippen LogP contribution < -0.4 is 9.64 Å². The summed E-state index contributed by atoms with van der Waals surface area (Å²) in [6.07, 6.45) is 4.14. The summed E-state index contributed by atoms with van der Waals surface area (Å²) in [6.45, 7) is 5.82. The molecular formula is C23H27N4OS+. The predicted octanol–water partition coefficient (Wildman–Crippen LogP) is 3.52. The second kappa shape index (κ2) is 8.76. The standard InChI is InChI=1S/C23H26N4OS/c1-3-15-28-21-13-9-18(10-14-21)16-25(2)17-26-23(29)27(20-7-5-4-6-8-20)22(24-26)19-11-12-19/h3-10,13-14,19H,1,11-12,15-17H2,2H3/p+1. The van der Waals surface area contributed by atoms with E-state index in [0.29, 0.717) is 12.5 Å². The van der Waals surface area contributed by atoms with E-state index < -0.39 is 0 Å². The van der Waals surface area contributed by atoms with Crippen molar-refractivity contribution in [1.29, 1.82) is 0 Å². The number of aromatic nitrogens is 3. The molecule has 1 heterocycles. The molecule has 0 radical (unpaired) electrons. The van der Waals surface area contributed by atoms with Gasteiger partial charge in [-0.2, -0.15) is 9.78 Å². The van der Waals surface area contributed by atoms with Gasteiger partial charge in [0.15, 0.2) is 6.67 Å². The minimum Gasteiger partial charge on any atom is -0.490 e. The highest BCUT2D eigenvalue weighted by atomic mass is 32.1. The molecule has 2 aromatic carbocycles. The first kappa shape index (κ1) is 19.6. The minimum absolute atomic E-state index is 0.524. The maximum absolute atomic E-state index is 5.81. The summed E-state index contributed by atoms with van der Waals surface area (Å²) < 4.78 is 10.5. The Morgan fingerprint density at radius 2 is 1.90 bits per heavy atom. The van der Waals surface area contributed by atoms with Crippen LogP contribution in [0.3, 0.4) is 0 Å². The highest BCUT2D eigenvalue weighted by molar-refractivity contribution is 7.71. The van der Waals surface area contributed by atoms with Crippen LogP contribution in [0.4, 0.5) is 0 Å². The molecule has 1 aromatic heterocycles. The van der Waals surface area contributed by atoms with Crippen molar-refractivity contribution in [2.45, 2.75) is 32.0 Å². The lowest BCUT2D eigenvalue weighted by atomic mass is 10.2. The van der Waals surface area contributed by atoms with Crippen LogP contribution in [-0.2, 0) is 13.2 Å². The maximum atomic E-state index is 5.81. The fourth-order valence-corrected chi connectivity index (χ4v) is 3.78.